The standard InChI is InChI=1S/C10H6BrN3O2/c11-8-2-1-7(15-8)10-14-6-3-5(12)4-13-9(6)16-10/h1-4H,12H2. The molecule has 0 saturated heterocycles. The number of halogens is 1. The van der Waals surface area contributed by atoms with Crippen molar-refractivity contribution in [2.24, 2.45) is 0 Å². The van der Waals surface area contributed by atoms with Gasteiger partial charge in [0.1, 0.15) is 5.52 Å². The lowest BCUT2D eigenvalue weighted by atomic mass is 10.4. The number of nitrogens with zero attached hydrogens (tertiary/aromatic N) is 2. The second kappa shape index (κ2) is 3.34. The summed E-state index contributed by atoms with van der Waals surface area (Å²) >= 11 is 3.21. The Labute approximate surface area is 98.4 Å². The van der Waals surface area contributed by atoms with E-state index in [9.17, 15) is 0 Å². The number of rotatable bonds is 1. The summed E-state index contributed by atoms with van der Waals surface area (Å²) in [5.74, 6) is 0.933. The molecule has 3 heterocycles. The van der Waals surface area contributed by atoms with E-state index in [0.29, 0.717) is 33.2 Å². The van der Waals surface area contributed by atoms with Crippen LogP contribution in [0, 0.1) is 0 Å². The molecule has 6 heteroatoms. The normalized spacial score (nSPS) is 11.1. The number of pyridine rings is 1. The number of nitrogen functional groups attached to an aromatic ring is 1. The van der Waals surface area contributed by atoms with Gasteiger partial charge in [-0.3, -0.25) is 0 Å². The van der Waals surface area contributed by atoms with Gasteiger partial charge >= 0.3 is 0 Å². The van der Waals surface area contributed by atoms with E-state index in [1.54, 1.807) is 18.2 Å². The number of oxazole rings is 1. The van der Waals surface area contributed by atoms with Gasteiger partial charge in [0.15, 0.2) is 10.4 Å². The Morgan fingerprint density at radius 1 is 1.25 bits per heavy atom. The van der Waals surface area contributed by atoms with Gasteiger partial charge in [-0.1, -0.05) is 0 Å². The first-order valence-corrected chi connectivity index (χ1v) is 5.29. The predicted octanol–water partition coefficient (Wildman–Crippen LogP) is 2.83. The fourth-order valence-electron chi connectivity index (χ4n) is 1.37. The summed E-state index contributed by atoms with van der Waals surface area (Å²) in [6, 6.07) is 5.23. The second-order valence-corrected chi connectivity index (χ2v) is 4.00. The summed E-state index contributed by atoms with van der Waals surface area (Å²) in [6.45, 7) is 0. The van der Waals surface area contributed by atoms with Crippen molar-refractivity contribution in [2.75, 3.05) is 5.73 Å². The lowest BCUT2D eigenvalue weighted by molar-refractivity contribution is 0.515. The number of anilines is 1. The number of furan rings is 1. The monoisotopic (exact) mass is 279 g/mol. The third-order valence-electron chi connectivity index (χ3n) is 2.05. The lowest BCUT2D eigenvalue weighted by Crippen LogP contribution is -1.84. The molecule has 0 fully saturated rings. The average Bonchev–Trinajstić information content (AvgIpc) is 2.83. The fraction of sp³-hybridized carbons (Fsp3) is 0. The zero-order valence-electron chi connectivity index (χ0n) is 7.98. The first kappa shape index (κ1) is 9.41. The van der Waals surface area contributed by atoms with E-state index in [4.69, 9.17) is 14.6 Å². The van der Waals surface area contributed by atoms with E-state index in [-0.39, 0.29) is 0 Å². The van der Waals surface area contributed by atoms with Crippen molar-refractivity contribution in [1.29, 1.82) is 0 Å². The van der Waals surface area contributed by atoms with Crippen molar-refractivity contribution < 1.29 is 8.83 Å². The highest BCUT2D eigenvalue weighted by molar-refractivity contribution is 9.10. The highest BCUT2D eigenvalue weighted by Gasteiger charge is 2.12. The van der Waals surface area contributed by atoms with Crippen molar-refractivity contribution >= 4 is 32.8 Å². The van der Waals surface area contributed by atoms with Gasteiger partial charge in [0.25, 0.3) is 5.89 Å². The minimum atomic E-state index is 0.388. The number of aromatic nitrogens is 2. The SMILES string of the molecule is Nc1cnc2oc(-c3ccc(Br)o3)nc2c1. The van der Waals surface area contributed by atoms with Gasteiger partial charge in [-0.25, -0.2) is 9.97 Å². The number of hydrogen-bond acceptors (Lipinski definition) is 5. The maximum Gasteiger partial charge on any atom is 0.265 e. The first-order chi connectivity index (χ1) is 7.72. The third-order valence-corrected chi connectivity index (χ3v) is 2.48. The molecule has 3 rings (SSSR count). The minimum absolute atomic E-state index is 0.388. The fourth-order valence-corrected chi connectivity index (χ4v) is 1.68. The average molecular weight is 280 g/mol. The van der Waals surface area contributed by atoms with Crippen molar-refractivity contribution in [1.82, 2.24) is 9.97 Å². The Hall–Kier alpha value is -1.82. The van der Waals surface area contributed by atoms with Crippen LogP contribution in [-0.4, -0.2) is 9.97 Å². The van der Waals surface area contributed by atoms with Gasteiger partial charge in [0.05, 0.1) is 11.9 Å². The number of hydrogen-bond donors (Lipinski definition) is 1. The van der Waals surface area contributed by atoms with Crippen molar-refractivity contribution in [2.45, 2.75) is 0 Å². The highest BCUT2D eigenvalue weighted by Crippen LogP contribution is 2.27. The molecule has 0 saturated carbocycles. The van der Waals surface area contributed by atoms with Crippen LogP contribution in [-0.2, 0) is 0 Å². The molecule has 5 nitrogen and oxygen atoms in total. The van der Waals surface area contributed by atoms with E-state index in [0.717, 1.165) is 0 Å². The van der Waals surface area contributed by atoms with Gasteiger partial charge in [0.2, 0.25) is 5.71 Å². The Morgan fingerprint density at radius 3 is 2.88 bits per heavy atom. The van der Waals surface area contributed by atoms with Gasteiger partial charge in [-0.2, -0.15) is 0 Å². The molecule has 0 atom stereocenters. The molecule has 0 aromatic carbocycles. The Balaban J connectivity index is 2.18. The van der Waals surface area contributed by atoms with Crippen molar-refractivity contribution in [3.63, 3.8) is 0 Å². The summed E-state index contributed by atoms with van der Waals surface area (Å²) in [5, 5.41) is 0. The number of fused-ring (bicyclic) bond motifs is 1. The second-order valence-electron chi connectivity index (χ2n) is 3.22. The zero-order chi connectivity index (χ0) is 11.1. The van der Waals surface area contributed by atoms with Crippen molar-refractivity contribution in [3.05, 3.63) is 29.1 Å². The third kappa shape index (κ3) is 1.47. The first-order valence-electron chi connectivity index (χ1n) is 4.50. The molecule has 16 heavy (non-hydrogen) atoms. The van der Waals surface area contributed by atoms with Crippen LogP contribution in [0.5, 0.6) is 0 Å². The van der Waals surface area contributed by atoms with Crippen LogP contribution in [0.1, 0.15) is 0 Å². The van der Waals surface area contributed by atoms with E-state index in [1.807, 2.05) is 0 Å². The van der Waals surface area contributed by atoms with Crippen LogP contribution in [0.4, 0.5) is 5.69 Å². The van der Waals surface area contributed by atoms with Crippen molar-refractivity contribution in [3.8, 4) is 11.7 Å². The molecule has 0 bridgehead atoms. The Morgan fingerprint density at radius 2 is 2.12 bits per heavy atom. The van der Waals surface area contributed by atoms with Gasteiger partial charge in [-0.05, 0) is 34.1 Å². The topological polar surface area (TPSA) is 78.1 Å². The predicted molar refractivity (Wildman–Crippen MR) is 61.6 cm³/mol. The Kier molecular flexibility index (Phi) is 1.97. The van der Waals surface area contributed by atoms with E-state index in [1.165, 1.54) is 6.20 Å². The van der Waals surface area contributed by atoms with Crippen LogP contribution in [0.2, 0.25) is 0 Å². The van der Waals surface area contributed by atoms with Crippen LogP contribution in [0.15, 0.2) is 37.9 Å². The molecule has 0 aliphatic heterocycles. The maximum atomic E-state index is 5.60. The smallest absolute Gasteiger partial charge is 0.265 e. The molecule has 0 unspecified atom stereocenters. The summed E-state index contributed by atoms with van der Waals surface area (Å²) in [4.78, 5) is 8.26. The van der Waals surface area contributed by atoms with Gasteiger partial charge < -0.3 is 14.6 Å². The van der Waals surface area contributed by atoms with Crippen LogP contribution in [0.3, 0.4) is 0 Å². The molecule has 0 spiro atoms. The summed E-state index contributed by atoms with van der Waals surface area (Å²) in [6.07, 6.45) is 1.52. The van der Waals surface area contributed by atoms with E-state index >= 15 is 0 Å². The maximum absolute atomic E-state index is 5.60. The van der Waals surface area contributed by atoms with Crippen LogP contribution >= 0.6 is 15.9 Å². The molecular formula is C10H6BrN3O2. The van der Waals surface area contributed by atoms with E-state index in [2.05, 4.69) is 25.9 Å². The molecule has 3 aromatic rings. The quantitative estimate of drug-likeness (QED) is 0.741. The van der Waals surface area contributed by atoms with E-state index < -0.39 is 0 Å². The van der Waals surface area contributed by atoms with Gasteiger partial charge in [-0.15, -0.1) is 0 Å². The van der Waals surface area contributed by atoms with Crippen LogP contribution < -0.4 is 5.73 Å². The summed E-state index contributed by atoms with van der Waals surface area (Å²) in [5.41, 5.74) is 7.20. The Bertz CT molecular complexity index is 659. The molecule has 0 aliphatic rings. The molecule has 0 amide bonds. The molecular weight excluding hydrogens is 274 g/mol. The molecule has 2 N–H and O–H groups in total. The molecule has 80 valence electrons. The molecule has 3 aromatic heterocycles. The summed E-state index contributed by atoms with van der Waals surface area (Å²) in [7, 11) is 0. The zero-order valence-corrected chi connectivity index (χ0v) is 9.56. The van der Waals surface area contributed by atoms with Gasteiger partial charge in [0, 0.05) is 0 Å². The summed E-state index contributed by atoms with van der Waals surface area (Å²) < 4.78 is 11.4. The number of nitrogens with two attached hydrogens (primary N) is 1. The molecule has 0 aliphatic carbocycles. The lowest BCUT2D eigenvalue weighted by Gasteiger charge is -1.87. The highest BCUT2D eigenvalue weighted by atomic mass is 79.9. The van der Waals surface area contributed by atoms with Crippen LogP contribution in [0.25, 0.3) is 22.9 Å². The molecule has 0 radical (unpaired) electrons. The minimum Gasteiger partial charge on any atom is -0.444 e. The largest absolute Gasteiger partial charge is 0.444 e.